The highest BCUT2D eigenvalue weighted by atomic mass is 16.4. The first-order valence-corrected chi connectivity index (χ1v) is 6.78. The monoisotopic (exact) mass is 295 g/mol. The number of carbonyl (C=O) groups excluding carboxylic acids is 1. The van der Waals surface area contributed by atoms with Gasteiger partial charge in [0.2, 0.25) is 0 Å². The Kier molecular flexibility index (Phi) is 5.63. The number of carboxylic acids is 1. The fourth-order valence-corrected chi connectivity index (χ4v) is 1.94. The molecule has 0 aliphatic heterocycles. The lowest BCUT2D eigenvalue weighted by Gasteiger charge is -2.13. The minimum atomic E-state index is -0.859. The van der Waals surface area contributed by atoms with Crippen molar-refractivity contribution in [2.45, 2.75) is 33.6 Å². The quantitative estimate of drug-likeness (QED) is 0.801. The van der Waals surface area contributed by atoms with Gasteiger partial charge in [-0.25, -0.2) is 4.68 Å². The summed E-state index contributed by atoms with van der Waals surface area (Å²) in [6, 6.07) is 0. The van der Waals surface area contributed by atoms with Gasteiger partial charge in [-0.1, -0.05) is 6.92 Å². The standard InChI is InChI=1S/C14H21N3O4/c1-8(5-6-11(18)19)7-15-13(20)12-9(2)10(3)16-17(4)14(12)21/h8H,5-7H2,1-4H3,(H,15,20)(H,18,19). The highest BCUT2D eigenvalue weighted by molar-refractivity contribution is 5.95. The van der Waals surface area contributed by atoms with Crippen LogP contribution in [0.25, 0.3) is 0 Å². The summed E-state index contributed by atoms with van der Waals surface area (Å²) in [4.78, 5) is 34.7. The Bertz CT molecular complexity index is 607. The van der Waals surface area contributed by atoms with Crippen LogP contribution >= 0.6 is 0 Å². The smallest absolute Gasteiger partial charge is 0.303 e. The van der Waals surface area contributed by atoms with E-state index in [1.54, 1.807) is 13.8 Å². The second-order valence-electron chi connectivity index (χ2n) is 5.26. The summed E-state index contributed by atoms with van der Waals surface area (Å²) in [7, 11) is 1.50. The van der Waals surface area contributed by atoms with Gasteiger partial charge in [-0.15, -0.1) is 0 Å². The van der Waals surface area contributed by atoms with Crippen LogP contribution in [0.2, 0.25) is 0 Å². The molecule has 0 saturated heterocycles. The SMILES string of the molecule is Cc1nn(C)c(=O)c(C(=O)NCC(C)CCC(=O)O)c1C. The Labute approximate surface area is 123 Å². The lowest BCUT2D eigenvalue weighted by atomic mass is 10.1. The summed E-state index contributed by atoms with van der Waals surface area (Å²) in [5.41, 5.74) is 0.846. The molecule has 0 aliphatic carbocycles. The Morgan fingerprint density at radius 2 is 2.00 bits per heavy atom. The van der Waals surface area contributed by atoms with Crippen LogP contribution in [0.3, 0.4) is 0 Å². The predicted octanol–water partition coefficient (Wildman–Crippen LogP) is 0.628. The van der Waals surface area contributed by atoms with Gasteiger partial charge in [-0.3, -0.25) is 14.4 Å². The molecule has 1 atom stereocenters. The molecule has 116 valence electrons. The highest BCUT2D eigenvalue weighted by Crippen LogP contribution is 2.07. The van der Waals surface area contributed by atoms with Crippen LogP contribution in [-0.2, 0) is 11.8 Å². The summed E-state index contributed by atoms with van der Waals surface area (Å²) in [6.07, 6.45) is 0.536. The number of aromatic nitrogens is 2. The molecule has 0 radical (unpaired) electrons. The third-order valence-electron chi connectivity index (χ3n) is 3.41. The van der Waals surface area contributed by atoms with Crippen LogP contribution in [0, 0.1) is 19.8 Å². The van der Waals surface area contributed by atoms with Crippen molar-refractivity contribution in [3.63, 3.8) is 0 Å². The molecular weight excluding hydrogens is 274 g/mol. The Balaban J connectivity index is 2.77. The number of rotatable bonds is 6. The Morgan fingerprint density at radius 1 is 1.38 bits per heavy atom. The maximum absolute atomic E-state index is 12.2. The lowest BCUT2D eigenvalue weighted by Crippen LogP contribution is -2.36. The van der Waals surface area contributed by atoms with Gasteiger partial charge in [-0.05, 0) is 31.7 Å². The molecule has 1 aromatic rings. The molecule has 7 heteroatoms. The van der Waals surface area contributed by atoms with Gasteiger partial charge in [0, 0.05) is 20.0 Å². The van der Waals surface area contributed by atoms with Gasteiger partial charge in [0.15, 0.2) is 0 Å². The number of nitrogens with one attached hydrogen (secondary N) is 1. The van der Waals surface area contributed by atoms with Gasteiger partial charge < -0.3 is 10.4 Å². The fraction of sp³-hybridized carbons (Fsp3) is 0.571. The number of aryl methyl sites for hydroxylation is 2. The molecule has 0 fully saturated rings. The van der Waals surface area contributed by atoms with E-state index in [2.05, 4.69) is 10.4 Å². The molecule has 21 heavy (non-hydrogen) atoms. The van der Waals surface area contributed by atoms with E-state index < -0.39 is 17.4 Å². The molecule has 7 nitrogen and oxygen atoms in total. The molecule has 0 saturated carbocycles. The first kappa shape index (κ1) is 16.9. The molecule has 1 amide bonds. The molecule has 0 spiro atoms. The summed E-state index contributed by atoms with van der Waals surface area (Å²) >= 11 is 0. The van der Waals surface area contributed by atoms with E-state index in [9.17, 15) is 14.4 Å². The van der Waals surface area contributed by atoms with Crippen LogP contribution < -0.4 is 10.9 Å². The minimum Gasteiger partial charge on any atom is -0.481 e. The Morgan fingerprint density at radius 3 is 2.57 bits per heavy atom. The number of nitrogens with zero attached hydrogens (tertiary/aromatic N) is 2. The van der Waals surface area contributed by atoms with Crippen molar-refractivity contribution in [3.8, 4) is 0 Å². The van der Waals surface area contributed by atoms with E-state index >= 15 is 0 Å². The van der Waals surface area contributed by atoms with Crippen molar-refractivity contribution in [2.75, 3.05) is 6.54 Å². The van der Waals surface area contributed by atoms with Crippen LogP contribution in [0.5, 0.6) is 0 Å². The normalized spacial score (nSPS) is 12.0. The zero-order chi connectivity index (χ0) is 16.2. The topological polar surface area (TPSA) is 101 Å². The van der Waals surface area contributed by atoms with E-state index in [1.807, 2.05) is 6.92 Å². The number of hydrogen-bond acceptors (Lipinski definition) is 4. The highest BCUT2D eigenvalue weighted by Gasteiger charge is 2.18. The van der Waals surface area contributed by atoms with Crippen molar-refractivity contribution in [1.82, 2.24) is 15.1 Å². The van der Waals surface area contributed by atoms with Crippen molar-refractivity contribution in [2.24, 2.45) is 13.0 Å². The van der Waals surface area contributed by atoms with E-state index in [1.165, 1.54) is 7.05 Å². The molecule has 0 bridgehead atoms. The number of carboxylic acid groups (broad SMARTS) is 1. The summed E-state index contributed by atoms with van der Waals surface area (Å²) in [5.74, 6) is -1.28. The third-order valence-corrected chi connectivity index (χ3v) is 3.41. The molecule has 1 unspecified atom stereocenters. The fourth-order valence-electron chi connectivity index (χ4n) is 1.94. The van der Waals surface area contributed by atoms with E-state index in [0.29, 0.717) is 24.2 Å². The summed E-state index contributed by atoms with van der Waals surface area (Å²) in [6.45, 7) is 5.61. The molecule has 0 aliphatic rings. The van der Waals surface area contributed by atoms with Crippen molar-refractivity contribution >= 4 is 11.9 Å². The number of amides is 1. The van der Waals surface area contributed by atoms with Crippen LogP contribution in [-0.4, -0.2) is 33.3 Å². The van der Waals surface area contributed by atoms with Crippen LogP contribution in [0.15, 0.2) is 4.79 Å². The average Bonchev–Trinajstić information content (AvgIpc) is 2.41. The molecule has 1 rings (SSSR count). The van der Waals surface area contributed by atoms with Crippen LogP contribution in [0.4, 0.5) is 0 Å². The van der Waals surface area contributed by atoms with E-state index in [4.69, 9.17) is 5.11 Å². The van der Waals surface area contributed by atoms with Crippen LogP contribution in [0.1, 0.15) is 41.4 Å². The van der Waals surface area contributed by atoms with Crippen molar-refractivity contribution in [1.29, 1.82) is 0 Å². The second kappa shape index (κ2) is 7.01. The maximum Gasteiger partial charge on any atom is 0.303 e. The van der Waals surface area contributed by atoms with Crippen molar-refractivity contribution < 1.29 is 14.7 Å². The van der Waals surface area contributed by atoms with E-state index in [0.717, 1.165) is 4.68 Å². The predicted molar refractivity (Wildman–Crippen MR) is 77.3 cm³/mol. The molecule has 2 N–H and O–H groups in total. The van der Waals surface area contributed by atoms with Crippen molar-refractivity contribution in [3.05, 3.63) is 27.2 Å². The third kappa shape index (κ3) is 4.40. The minimum absolute atomic E-state index is 0.0251. The van der Waals surface area contributed by atoms with E-state index in [-0.39, 0.29) is 17.9 Å². The number of hydrogen-bond donors (Lipinski definition) is 2. The largest absolute Gasteiger partial charge is 0.481 e. The molecular formula is C14H21N3O4. The Hall–Kier alpha value is -2.18. The summed E-state index contributed by atoms with van der Waals surface area (Å²) in [5, 5.41) is 15.3. The molecule has 1 heterocycles. The summed E-state index contributed by atoms with van der Waals surface area (Å²) < 4.78 is 1.14. The van der Waals surface area contributed by atoms with Gasteiger partial charge in [0.1, 0.15) is 5.56 Å². The first-order chi connectivity index (χ1) is 9.73. The van der Waals surface area contributed by atoms with Gasteiger partial charge >= 0.3 is 5.97 Å². The first-order valence-electron chi connectivity index (χ1n) is 6.78. The maximum atomic E-state index is 12.2. The number of carbonyl (C=O) groups is 2. The zero-order valence-electron chi connectivity index (χ0n) is 12.8. The van der Waals surface area contributed by atoms with Gasteiger partial charge in [-0.2, -0.15) is 5.10 Å². The number of aliphatic carboxylic acids is 1. The zero-order valence-corrected chi connectivity index (χ0v) is 12.8. The second-order valence-corrected chi connectivity index (χ2v) is 5.26. The van der Waals surface area contributed by atoms with Gasteiger partial charge in [0.05, 0.1) is 5.69 Å². The molecule has 0 aromatic carbocycles. The molecule has 1 aromatic heterocycles. The average molecular weight is 295 g/mol. The lowest BCUT2D eigenvalue weighted by molar-refractivity contribution is -0.137. The van der Waals surface area contributed by atoms with Gasteiger partial charge in [0.25, 0.3) is 11.5 Å².